The lowest BCUT2D eigenvalue weighted by Gasteiger charge is -2.55. The molecule has 4 aliphatic rings. The Kier molecular flexibility index (Phi) is 7.29. The molecule has 0 aromatic heterocycles. The second kappa shape index (κ2) is 11.6. The van der Waals surface area contributed by atoms with Gasteiger partial charge in [-0.3, -0.25) is 24.1 Å². The van der Waals surface area contributed by atoms with Crippen LogP contribution in [0.4, 0.5) is 5.69 Å². The van der Waals surface area contributed by atoms with E-state index in [2.05, 4.69) is 0 Å². The van der Waals surface area contributed by atoms with Crippen LogP contribution in [0, 0.1) is 30.6 Å². The van der Waals surface area contributed by atoms with Crippen molar-refractivity contribution in [2.75, 3.05) is 4.90 Å². The minimum atomic E-state index is -1.35. The summed E-state index contributed by atoms with van der Waals surface area (Å²) < 4.78 is 0. The van der Waals surface area contributed by atoms with Crippen LogP contribution in [-0.2, 0) is 24.6 Å². The molecule has 1 heterocycles. The van der Waals surface area contributed by atoms with Crippen LogP contribution >= 0.6 is 0 Å². The average molecular weight is 664 g/mol. The number of benzene rings is 4. The minimum absolute atomic E-state index is 0.0357. The predicted octanol–water partition coefficient (Wildman–Crippen LogP) is 6.43. The number of carboxylic acid groups (broad SMARTS) is 1. The van der Waals surface area contributed by atoms with Gasteiger partial charge in [-0.05, 0) is 84.3 Å². The normalized spacial score (nSPS) is 27.2. The Morgan fingerprint density at radius 1 is 0.820 bits per heavy atom. The quantitative estimate of drug-likeness (QED) is 0.186. The van der Waals surface area contributed by atoms with Crippen molar-refractivity contribution >= 4 is 40.6 Å². The summed E-state index contributed by atoms with van der Waals surface area (Å²) in [4.78, 5) is 71.2. The SMILES string of the molecule is Cc1cc([C@H]2C3=CC[C@@H]4C(=O)N(c5ccc(C(=O)O)cc5)C(=O)[C@@H]4[C@@H]3C[C@H]3C(=O)C(c4ccccc4)=CC(=O)[C@@]23c2ccccc2)ccc1O. The van der Waals surface area contributed by atoms with Crippen LogP contribution in [0.1, 0.15) is 51.4 Å². The first kappa shape index (κ1) is 31.4. The van der Waals surface area contributed by atoms with E-state index in [1.54, 1.807) is 19.1 Å². The highest BCUT2D eigenvalue weighted by Crippen LogP contribution is 2.63. The molecule has 2 N–H and O–H groups in total. The summed E-state index contributed by atoms with van der Waals surface area (Å²) >= 11 is 0. The number of hydrogen-bond donors (Lipinski definition) is 2. The van der Waals surface area contributed by atoms with E-state index in [1.165, 1.54) is 30.3 Å². The van der Waals surface area contributed by atoms with Gasteiger partial charge in [-0.1, -0.05) is 84.4 Å². The number of aromatic hydroxyl groups is 1. The van der Waals surface area contributed by atoms with Gasteiger partial charge in [-0.25, -0.2) is 4.79 Å². The van der Waals surface area contributed by atoms with Gasteiger partial charge in [0.25, 0.3) is 0 Å². The van der Waals surface area contributed by atoms with Crippen LogP contribution < -0.4 is 4.90 Å². The van der Waals surface area contributed by atoms with Crippen molar-refractivity contribution in [1.29, 1.82) is 0 Å². The van der Waals surface area contributed by atoms with Gasteiger partial charge in [0.15, 0.2) is 11.6 Å². The number of hydrogen-bond acceptors (Lipinski definition) is 6. The van der Waals surface area contributed by atoms with Gasteiger partial charge in [0.2, 0.25) is 11.8 Å². The number of amides is 2. The molecule has 8 heteroatoms. The van der Waals surface area contributed by atoms with Crippen LogP contribution in [0.5, 0.6) is 5.75 Å². The molecule has 1 saturated carbocycles. The standard InChI is InChI=1S/C42H33NO7/c1-23-20-26(14-19-34(23)44)37-29-17-18-30-36(40(48)43(39(30)47)28-15-12-25(13-16-28)41(49)50)32(29)21-33-38(46)31(24-8-4-2-5-9-24)22-35(45)42(33,37)27-10-6-3-7-11-27/h2-17,19-20,22,30,32-33,36-37,44H,18,21H2,1H3,(H,49,50)/t30-,32+,33-,36-,37-,42-/m0/s1. The second-order valence-electron chi connectivity index (χ2n) is 13.7. The molecule has 0 unspecified atom stereocenters. The maximum atomic E-state index is 15.1. The van der Waals surface area contributed by atoms with Gasteiger partial charge < -0.3 is 10.2 Å². The summed E-state index contributed by atoms with van der Waals surface area (Å²) in [6.07, 6.45) is 3.92. The average Bonchev–Trinajstić information content (AvgIpc) is 3.39. The molecule has 4 aromatic carbocycles. The molecule has 1 aliphatic heterocycles. The number of carbonyl (C=O) groups excluding carboxylic acids is 4. The molecule has 2 fully saturated rings. The zero-order chi connectivity index (χ0) is 34.9. The fourth-order valence-electron chi connectivity index (χ4n) is 9.12. The van der Waals surface area contributed by atoms with Crippen molar-refractivity contribution in [2.45, 2.75) is 31.1 Å². The Bertz CT molecular complexity index is 2170. The van der Waals surface area contributed by atoms with E-state index < -0.39 is 46.9 Å². The number of phenols is 1. The number of allylic oxidation sites excluding steroid dienone is 4. The van der Waals surface area contributed by atoms with Crippen molar-refractivity contribution in [3.8, 4) is 5.75 Å². The Labute approximate surface area is 288 Å². The molecule has 6 atom stereocenters. The number of phenolic OH excluding ortho intramolecular Hbond substituents is 1. The maximum Gasteiger partial charge on any atom is 0.335 e. The number of rotatable bonds is 5. The van der Waals surface area contributed by atoms with E-state index in [9.17, 15) is 29.4 Å². The topological polar surface area (TPSA) is 129 Å². The Balaban J connectivity index is 1.33. The number of Topliss-reactive ketones (excluding diaryl/α,β-unsaturated/α-hetero) is 1. The molecule has 0 radical (unpaired) electrons. The lowest BCUT2D eigenvalue weighted by molar-refractivity contribution is -0.135. The fourth-order valence-corrected chi connectivity index (χ4v) is 9.12. The van der Waals surface area contributed by atoms with Crippen molar-refractivity contribution < 1.29 is 34.2 Å². The molecule has 8 rings (SSSR count). The summed E-state index contributed by atoms with van der Waals surface area (Å²) in [7, 11) is 0. The Morgan fingerprint density at radius 2 is 1.50 bits per heavy atom. The van der Waals surface area contributed by atoms with E-state index in [1.807, 2.05) is 72.8 Å². The van der Waals surface area contributed by atoms with Crippen LogP contribution in [0.2, 0.25) is 0 Å². The molecule has 0 spiro atoms. The van der Waals surface area contributed by atoms with Gasteiger partial charge in [0.1, 0.15) is 5.75 Å². The second-order valence-corrected chi connectivity index (χ2v) is 13.7. The van der Waals surface area contributed by atoms with E-state index >= 15 is 4.79 Å². The largest absolute Gasteiger partial charge is 0.508 e. The third-order valence-electron chi connectivity index (χ3n) is 11.3. The van der Waals surface area contributed by atoms with E-state index in [4.69, 9.17) is 0 Å². The summed E-state index contributed by atoms with van der Waals surface area (Å²) in [5.41, 5.74) is 2.80. The van der Waals surface area contributed by atoms with E-state index in [0.717, 1.165) is 16.0 Å². The summed E-state index contributed by atoms with van der Waals surface area (Å²) in [6, 6.07) is 29.4. The number of aromatic carboxylic acids is 1. The highest BCUT2D eigenvalue weighted by Gasteiger charge is 2.66. The lowest BCUT2D eigenvalue weighted by Crippen LogP contribution is -2.58. The highest BCUT2D eigenvalue weighted by atomic mass is 16.4. The van der Waals surface area contributed by atoms with Gasteiger partial charge in [0.05, 0.1) is 28.5 Å². The molecule has 0 bridgehead atoms. The van der Waals surface area contributed by atoms with Crippen LogP contribution in [0.15, 0.2) is 121 Å². The monoisotopic (exact) mass is 663 g/mol. The van der Waals surface area contributed by atoms with Crippen molar-refractivity contribution in [2.24, 2.45) is 23.7 Å². The predicted molar refractivity (Wildman–Crippen MR) is 185 cm³/mol. The molecule has 248 valence electrons. The maximum absolute atomic E-state index is 15.1. The highest BCUT2D eigenvalue weighted by molar-refractivity contribution is 6.32. The zero-order valence-electron chi connectivity index (χ0n) is 27.2. The molecule has 4 aromatic rings. The Hall–Kier alpha value is -5.89. The number of anilines is 1. The number of carboxylic acids is 1. The van der Waals surface area contributed by atoms with Crippen molar-refractivity contribution in [3.63, 3.8) is 0 Å². The smallest absolute Gasteiger partial charge is 0.335 e. The molecule has 8 nitrogen and oxygen atoms in total. The lowest BCUT2D eigenvalue weighted by atomic mass is 9.44. The first-order chi connectivity index (χ1) is 24.1. The van der Waals surface area contributed by atoms with Crippen LogP contribution in [0.25, 0.3) is 5.57 Å². The first-order valence-corrected chi connectivity index (χ1v) is 16.7. The minimum Gasteiger partial charge on any atom is -0.508 e. The molecule has 1 saturated heterocycles. The first-order valence-electron chi connectivity index (χ1n) is 16.7. The van der Waals surface area contributed by atoms with Crippen molar-refractivity contribution in [3.05, 3.63) is 149 Å². The molecule has 2 amide bonds. The van der Waals surface area contributed by atoms with Gasteiger partial charge in [0, 0.05) is 17.4 Å². The number of imide groups is 1. The van der Waals surface area contributed by atoms with E-state index in [-0.39, 0.29) is 41.6 Å². The van der Waals surface area contributed by atoms with E-state index in [0.29, 0.717) is 28.0 Å². The zero-order valence-corrected chi connectivity index (χ0v) is 27.2. The number of ketones is 2. The fraction of sp³-hybridized carbons (Fsp3) is 0.214. The van der Waals surface area contributed by atoms with Gasteiger partial charge in [-0.2, -0.15) is 0 Å². The summed E-state index contributed by atoms with van der Waals surface area (Å²) in [5.74, 6) is -5.75. The number of nitrogens with zero attached hydrogens (tertiary/aromatic N) is 1. The van der Waals surface area contributed by atoms with Gasteiger partial charge >= 0.3 is 5.97 Å². The molecule has 3 aliphatic carbocycles. The third kappa shape index (κ3) is 4.47. The van der Waals surface area contributed by atoms with Crippen LogP contribution in [-0.4, -0.2) is 39.6 Å². The summed E-state index contributed by atoms with van der Waals surface area (Å²) in [5, 5.41) is 19.9. The van der Waals surface area contributed by atoms with Crippen molar-refractivity contribution in [1.82, 2.24) is 0 Å². The Morgan fingerprint density at radius 3 is 2.16 bits per heavy atom. The molecular formula is C42H33NO7. The number of fused-ring (bicyclic) bond motifs is 4. The molecule has 50 heavy (non-hydrogen) atoms. The third-order valence-corrected chi connectivity index (χ3v) is 11.3. The number of carbonyl (C=O) groups is 5. The molecular weight excluding hydrogens is 630 g/mol. The van der Waals surface area contributed by atoms with Crippen LogP contribution in [0.3, 0.4) is 0 Å². The number of aryl methyl sites for hydroxylation is 1. The summed E-state index contributed by atoms with van der Waals surface area (Å²) in [6.45, 7) is 1.78. The van der Waals surface area contributed by atoms with Gasteiger partial charge in [-0.15, -0.1) is 0 Å².